The molecule has 0 aliphatic carbocycles. The average molecular weight is 257 g/mol. The van der Waals surface area contributed by atoms with Crippen molar-refractivity contribution in [2.45, 2.75) is 0 Å². The Morgan fingerprint density at radius 1 is 1.22 bits per heavy atom. The topological polar surface area (TPSA) is 60.9 Å². The lowest BCUT2D eigenvalue weighted by molar-refractivity contribution is 0.939. The third-order valence-electron chi connectivity index (χ3n) is 2.89. The van der Waals surface area contributed by atoms with Crippen molar-refractivity contribution < 1.29 is 0 Å². The van der Waals surface area contributed by atoms with Gasteiger partial charge in [0.2, 0.25) is 0 Å². The van der Waals surface area contributed by atoms with Crippen LogP contribution < -0.4 is 10.6 Å². The molecule has 4 nitrogen and oxygen atoms in total. The van der Waals surface area contributed by atoms with Crippen LogP contribution in [0.25, 0.3) is 21.3 Å². The van der Waals surface area contributed by atoms with Crippen LogP contribution in [0.4, 0.5) is 5.69 Å². The molecule has 0 amide bonds. The molecule has 0 saturated carbocycles. The molecule has 0 spiro atoms. The minimum Gasteiger partial charge on any atom is -0.397 e. The molecule has 3 aromatic rings. The SMILES string of the molecule is Cn1c(=O)sc2cc(-c3cncc(N)c3)ccc21. The van der Waals surface area contributed by atoms with Gasteiger partial charge in [0.25, 0.3) is 0 Å². The quantitative estimate of drug-likeness (QED) is 0.727. The van der Waals surface area contributed by atoms with Gasteiger partial charge in [-0.15, -0.1) is 0 Å². The standard InChI is InChI=1S/C13H11N3OS/c1-16-11-3-2-8(5-12(11)18-13(16)17)9-4-10(14)7-15-6-9/h2-7H,14H2,1H3. The highest BCUT2D eigenvalue weighted by Crippen LogP contribution is 2.26. The fourth-order valence-electron chi connectivity index (χ4n) is 1.93. The number of hydrogen-bond donors (Lipinski definition) is 1. The van der Waals surface area contributed by atoms with Crippen LogP contribution >= 0.6 is 11.3 Å². The first-order valence-corrected chi connectivity index (χ1v) is 6.27. The molecule has 2 heterocycles. The van der Waals surface area contributed by atoms with E-state index < -0.39 is 0 Å². The van der Waals surface area contributed by atoms with E-state index in [0.717, 1.165) is 21.3 Å². The number of pyridine rings is 1. The van der Waals surface area contributed by atoms with Crippen molar-refractivity contribution in [1.82, 2.24) is 9.55 Å². The highest BCUT2D eigenvalue weighted by molar-refractivity contribution is 7.16. The number of nitrogens with zero attached hydrogens (tertiary/aromatic N) is 2. The first-order valence-electron chi connectivity index (χ1n) is 5.45. The Kier molecular flexibility index (Phi) is 2.41. The van der Waals surface area contributed by atoms with Crippen LogP contribution in [0.1, 0.15) is 0 Å². The third-order valence-corrected chi connectivity index (χ3v) is 3.88. The largest absolute Gasteiger partial charge is 0.397 e. The normalized spacial score (nSPS) is 10.9. The van der Waals surface area contributed by atoms with Gasteiger partial charge in [-0.1, -0.05) is 17.4 Å². The minimum absolute atomic E-state index is 0.0489. The predicted molar refractivity (Wildman–Crippen MR) is 74.7 cm³/mol. The molecular formula is C13H11N3OS. The Morgan fingerprint density at radius 3 is 2.83 bits per heavy atom. The Labute approximate surface area is 107 Å². The fraction of sp³-hybridized carbons (Fsp3) is 0.0769. The molecular weight excluding hydrogens is 246 g/mol. The van der Waals surface area contributed by atoms with Crippen molar-refractivity contribution >= 4 is 27.2 Å². The fourth-order valence-corrected chi connectivity index (χ4v) is 2.85. The molecule has 0 aliphatic rings. The van der Waals surface area contributed by atoms with Gasteiger partial charge in [0.1, 0.15) is 0 Å². The summed E-state index contributed by atoms with van der Waals surface area (Å²) in [5.74, 6) is 0. The van der Waals surface area contributed by atoms with Crippen LogP contribution in [-0.4, -0.2) is 9.55 Å². The van der Waals surface area contributed by atoms with E-state index in [1.54, 1.807) is 24.0 Å². The second-order valence-electron chi connectivity index (χ2n) is 4.12. The second kappa shape index (κ2) is 3.96. The Bertz CT molecular complexity index is 788. The van der Waals surface area contributed by atoms with E-state index in [0.29, 0.717) is 5.69 Å². The van der Waals surface area contributed by atoms with Crippen molar-refractivity contribution in [3.8, 4) is 11.1 Å². The number of thiazole rings is 1. The molecule has 0 aliphatic heterocycles. The van der Waals surface area contributed by atoms with Gasteiger partial charge in [0.15, 0.2) is 0 Å². The number of aryl methyl sites for hydroxylation is 1. The Balaban J connectivity index is 2.22. The minimum atomic E-state index is 0.0489. The number of hydrogen-bond acceptors (Lipinski definition) is 4. The molecule has 0 atom stereocenters. The zero-order valence-electron chi connectivity index (χ0n) is 9.75. The summed E-state index contributed by atoms with van der Waals surface area (Å²) < 4.78 is 2.63. The molecule has 2 N–H and O–H groups in total. The van der Waals surface area contributed by atoms with E-state index in [4.69, 9.17) is 5.73 Å². The summed E-state index contributed by atoms with van der Waals surface area (Å²) in [7, 11) is 1.78. The van der Waals surface area contributed by atoms with E-state index in [1.807, 2.05) is 24.3 Å². The highest BCUT2D eigenvalue weighted by Gasteiger charge is 2.06. The number of rotatable bonds is 1. The maximum atomic E-state index is 11.6. The zero-order chi connectivity index (χ0) is 12.7. The molecule has 0 bridgehead atoms. The maximum absolute atomic E-state index is 11.6. The molecule has 3 rings (SSSR count). The van der Waals surface area contributed by atoms with E-state index in [2.05, 4.69) is 4.98 Å². The van der Waals surface area contributed by atoms with Crippen molar-refractivity contribution in [2.24, 2.45) is 7.05 Å². The lowest BCUT2D eigenvalue weighted by atomic mass is 10.1. The first-order chi connectivity index (χ1) is 8.65. The van der Waals surface area contributed by atoms with Crippen LogP contribution in [0.5, 0.6) is 0 Å². The van der Waals surface area contributed by atoms with Crippen LogP contribution in [-0.2, 0) is 7.05 Å². The first kappa shape index (κ1) is 11.0. The molecule has 0 fully saturated rings. The number of benzene rings is 1. The van der Waals surface area contributed by atoms with Crippen molar-refractivity contribution in [3.63, 3.8) is 0 Å². The lowest BCUT2D eigenvalue weighted by Gasteiger charge is -2.02. The summed E-state index contributed by atoms with van der Waals surface area (Å²) in [6, 6.07) is 7.80. The van der Waals surface area contributed by atoms with E-state index in [9.17, 15) is 4.79 Å². The second-order valence-corrected chi connectivity index (χ2v) is 5.11. The van der Waals surface area contributed by atoms with E-state index >= 15 is 0 Å². The van der Waals surface area contributed by atoms with Crippen LogP contribution in [0.2, 0.25) is 0 Å². The summed E-state index contributed by atoms with van der Waals surface area (Å²) >= 11 is 1.25. The Hall–Kier alpha value is -2.14. The summed E-state index contributed by atoms with van der Waals surface area (Å²) in [6.45, 7) is 0. The number of nitrogen functional groups attached to an aromatic ring is 1. The zero-order valence-corrected chi connectivity index (χ0v) is 10.6. The summed E-state index contributed by atoms with van der Waals surface area (Å²) in [5.41, 5.74) is 9.28. The lowest BCUT2D eigenvalue weighted by Crippen LogP contribution is -2.06. The van der Waals surface area contributed by atoms with Crippen LogP contribution in [0.3, 0.4) is 0 Å². The van der Waals surface area contributed by atoms with Crippen molar-refractivity contribution in [1.29, 1.82) is 0 Å². The molecule has 18 heavy (non-hydrogen) atoms. The third kappa shape index (κ3) is 1.69. The number of aromatic nitrogens is 2. The molecule has 5 heteroatoms. The summed E-state index contributed by atoms with van der Waals surface area (Å²) in [5, 5.41) is 0. The number of fused-ring (bicyclic) bond motifs is 1. The van der Waals surface area contributed by atoms with Gasteiger partial charge in [0.05, 0.1) is 15.9 Å². The molecule has 1 aromatic carbocycles. The molecule has 90 valence electrons. The monoisotopic (exact) mass is 257 g/mol. The average Bonchev–Trinajstić information content (AvgIpc) is 2.65. The van der Waals surface area contributed by atoms with Crippen molar-refractivity contribution in [3.05, 3.63) is 46.3 Å². The van der Waals surface area contributed by atoms with Gasteiger partial charge >= 0.3 is 4.87 Å². The number of anilines is 1. The highest BCUT2D eigenvalue weighted by atomic mass is 32.1. The van der Waals surface area contributed by atoms with Gasteiger partial charge < -0.3 is 10.3 Å². The smallest absolute Gasteiger partial charge is 0.307 e. The molecule has 0 saturated heterocycles. The van der Waals surface area contributed by atoms with Gasteiger partial charge in [0, 0.05) is 25.0 Å². The predicted octanol–water partition coefficient (Wildman–Crippen LogP) is 2.24. The van der Waals surface area contributed by atoms with Gasteiger partial charge in [-0.2, -0.15) is 0 Å². The maximum Gasteiger partial charge on any atom is 0.307 e. The molecule has 0 unspecified atom stereocenters. The van der Waals surface area contributed by atoms with E-state index in [1.165, 1.54) is 11.3 Å². The Morgan fingerprint density at radius 2 is 2.06 bits per heavy atom. The molecule has 0 radical (unpaired) electrons. The van der Waals surface area contributed by atoms with Crippen LogP contribution in [0, 0.1) is 0 Å². The van der Waals surface area contributed by atoms with Gasteiger partial charge in [-0.3, -0.25) is 9.78 Å². The van der Waals surface area contributed by atoms with Crippen molar-refractivity contribution in [2.75, 3.05) is 5.73 Å². The molecule has 2 aromatic heterocycles. The summed E-state index contributed by atoms with van der Waals surface area (Å²) in [6.07, 6.45) is 3.38. The van der Waals surface area contributed by atoms with Gasteiger partial charge in [-0.05, 0) is 23.8 Å². The van der Waals surface area contributed by atoms with E-state index in [-0.39, 0.29) is 4.87 Å². The van der Waals surface area contributed by atoms with Crippen LogP contribution in [0.15, 0.2) is 41.5 Å². The summed E-state index contributed by atoms with van der Waals surface area (Å²) in [4.78, 5) is 15.7. The van der Waals surface area contributed by atoms with Gasteiger partial charge in [-0.25, -0.2) is 0 Å². The number of nitrogens with two attached hydrogens (primary N) is 1.